The van der Waals surface area contributed by atoms with Crippen molar-refractivity contribution in [1.29, 1.82) is 0 Å². The van der Waals surface area contributed by atoms with Gasteiger partial charge in [0.05, 0.1) is 6.54 Å². The molecule has 1 fully saturated rings. The van der Waals surface area contributed by atoms with E-state index in [0.29, 0.717) is 25.1 Å². The number of fused-ring (bicyclic) bond motifs is 1. The molecule has 2 heterocycles. The molecule has 0 bridgehead atoms. The van der Waals surface area contributed by atoms with E-state index >= 15 is 0 Å². The van der Waals surface area contributed by atoms with Crippen molar-refractivity contribution in [2.24, 2.45) is 0 Å². The molecule has 22 heavy (non-hydrogen) atoms. The summed E-state index contributed by atoms with van der Waals surface area (Å²) in [5.74, 6) is -0.401. The van der Waals surface area contributed by atoms with Gasteiger partial charge in [-0.25, -0.2) is 4.79 Å². The van der Waals surface area contributed by atoms with E-state index in [2.05, 4.69) is 15.6 Å². The van der Waals surface area contributed by atoms with Gasteiger partial charge in [0.25, 0.3) is 5.91 Å². The SMILES string of the molecule is O=C(NCCCN1C(=O)CNC1=O)c1ccc2cc[nH]c2c1. The molecule has 0 aliphatic carbocycles. The molecule has 1 saturated heterocycles. The third-order valence-electron chi connectivity index (χ3n) is 3.60. The van der Waals surface area contributed by atoms with Crippen molar-refractivity contribution in [3.63, 3.8) is 0 Å². The average molecular weight is 300 g/mol. The number of aromatic nitrogens is 1. The first-order valence-electron chi connectivity index (χ1n) is 7.09. The number of imide groups is 1. The Morgan fingerprint density at radius 2 is 2.14 bits per heavy atom. The van der Waals surface area contributed by atoms with Crippen molar-refractivity contribution in [3.05, 3.63) is 36.0 Å². The van der Waals surface area contributed by atoms with Gasteiger partial charge in [-0.1, -0.05) is 6.07 Å². The number of hydrogen-bond donors (Lipinski definition) is 3. The normalized spacial score (nSPS) is 14.5. The molecule has 0 unspecified atom stereocenters. The van der Waals surface area contributed by atoms with Crippen molar-refractivity contribution in [2.75, 3.05) is 19.6 Å². The number of nitrogens with one attached hydrogen (secondary N) is 3. The summed E-state index contributed by atoms with van der Waals surface area (Å²) in [5, 5.41) is 6.29. The fourth-order valence-corrected chi connectivity index (χ4v) is 2.41. The smallest absolute Gasteiger partial charge is 0.324 e. The maximum Gasteiger partial charge on any atom is 0.324 e. The van der Waals surface area contributed by atoms with E-state index in [1.165, 1.54) is 0 Å². The predicted octanol–water partition coefficient (Wildman–Crippen LogP) is 0.840. The molecular formula is C15H16N4O3. The molecule has 1 aliphatic rings. The fourth-order valence-electron chi connectivity index (χ4n) is 2.41. The van der Waals surface area contributed by atoms with Crippen LogP contribution in [-0.2, 0) is 4.79 Å². The minimum absolute atomic E-state index is 0.0569. The number of aromatic amines is 1. The lowest BCUT2D eigenvalue weighted by atomic mass is 10.1. The van der Waals surface area contributed by atoms with Crippen LogP contribution >= 0.6 is 0 Å². The Hall–Kier alpha value is -2.83. The lowest BCUT2D eigenvalue weighted by molar-refractivity contribution is -0.125. The molecule has 3 rings (SSSR count). The molecule has 7 heteroatoms. The van der Waals surface area contributed by atoms with E-state index < -0.39 is 0 Å². The molecular weight excluding hydrogens is 284 g/mol. The van der Waals surface area contributed by atoms with E-state index in [1.807, 2.05) is 18.3 Å². The number of carbonyl (C=O) groups excluding carboxylic acids is 3. The van der Waals surface area contributed by atoms with E-state index in [1.54, 1.807) is 12.1 Å². The van der Waals surface area contributed by atoms with Crippen molar-refractivity contribution in [1.82, 2.24) is 20.5 Å². The van der Waals surface area contributed by atoms with Crippen LogP contribution < -0.4 is 10.6 Å². The Morgan fingerprint density at radius 1 is 1.27 bits per heavy atom. The summed E-state index contributed by atoms with van der Waals surface area (Å²) in [6.07, 6.45) is 2.35. The minimum atomic E-state index is -0.367. The summed E-state index contributed by atoms with van der Waals surface area (Å²) in [4.78, 5) is 39.0. The number of carbonyl (C=O) groups is 3. The minimum Gasteiger partial charge on any atom is -0.361 e. The highest BCUT2D eigenvalue weighted by Crippen LogP contribution is 2.14. The molecule has 1 aromatic heterocycles. The topological polar surface area (TPSA) is 94.3 Å². The highest BCUT2D eigenvalue weighted by atomic mass is 16.2. The molecule has 114 valence electrons. The Kier molecular flexibility index (Phi) is 3.78. The van der Waals surface area contributed by atoms with Gasteiger partial charge in [-0.3, -0.25) is 14.5 Å². The van der Waals surface area contributed by atoms with Gasteiger partial charge in [-0.15, -0.1) is 0 Å². The lowest BCUT2D eigenvalue weighted by Crippen LogP contribution is -2.34. The molecule has 0 radical (unpaired) electrons. The first-order valence-corrected chi connectivity index (χ1v) is 7.09. The second-order valence-corrected chi connectivity index (χ2v) is 5.09. The third-order valence-corrected chi connectivity index (χ3v) is 3.60. The summed E-state index contributed by atoms with van der Waals surface area (Å²) in [5.41, 5.74) is 1.48. The second-order valence-electron chi connectivity index (χ2n) is 5.09. The number of H-pyrrole nitrogens is 1. The zero-order chi connectivity index (χ0) is 15.5. The number of rotatable bonds is 5. The standard InChI is InChI=1S/C15H16N4O3/c20-13-9-18-15(22)19(13)7-1-5-17-14(21)11-3-2-10-4-6-16-12(10)8-11/h2-4,6,8,16H,1,5,7,9H2,(H,17,21)(H,18,22). The van der Waals surface area contributed by atoms with Gasteiger partial charge in [-0.2, -0.15) is 0 Å². The molecule has 0 atom stereocenters. The van der Waals surface area contributed by atoms with Crippen molar-refractivity contribution < 1.29 is 14.4 Å². The van der Waals surface area contributed by atoms with Crippen LogP contribution in [-0.4, -0.2) is 47.4 Å². The van der Waals surface area contributed by atoms with Crippen LogP contribution in [0.2, 0.25) is 0 Å². The van der Waals surface area contributed by atoms with Gasteiger partial charge < -0.3 is 15.6 Å². The highest BCUT2D eigenvalue weighted by molar-refractivity contribution is 6.02. The van der Waals surface area contributed by atoms with Crippen LogP contribution in [0, 0.1) is 0 Å². The van der Waals surface area contributed by atoms with E-state index in [9.17, 15) is 14.4 Å². The van der Waals surface area contributed by atoms with Crippen LogP contribution in [0.5, 0.6) is 0 Å². The first kappa shape index (κ1) is 14.1. The summed E-state index contributed by atoms with van der Waals surface area (Å²) in [6.45, 7) is 0.765. The number of benzene rings is 1. The van der Waals surface area contributed by atoms with E-state index in [0.717, 1.165) is 15.8 Å². The van der Waals surface area contributed by atoms with Gasteiger partial charge in [-0.05, 0) is 30.0 Å². The van der Waals surface area contributed by atoms with Crippen LogP contribution in [0.15, 0.2) is 30.5 Å². The molecule has 1 aliphatic heterocycles. The van der Waals surface area contributed by atoms with E-state index in [4.69, 9.17) is 0 Å². The number of hydrogen-bond acceptors (Lipinski definition) is 3. The van der Waals surface area contributed by atoms with Gasteiger partial charge in [0.15, 0.2) is 0 Å². The zero-order valence-corrected chi connectivity index (χ0v) is 11.9. The maximum atomic E-state index is 12.1. The number of amides is 4. The number of nitrogens with zero attached hydrogens (tertiary/aromatic N) is 1. The lowest BCUT2D eigenvalue weighted by Gasteiger charge is -2.12. The maximum absolute atomic E-state index is 12.1. The molecule has 1 aromatic carbocycles. The highest BCUT2D eigenvalue weighted by Gasteiger charge is 2.27. The summed E-state index contributed by atoms with van der Waals surface area (Å²) in [7, 11) is 0. The Labute approximate surface area is 126 Å². The quantitative estimate of drug-likeness (QED) is 0.564. The Bertz CT molecular complexity index is 721. The van der Waals surface area contributed by atoms with Gasteiger partial charge in [0.2, 0.25) is 5.91 Å². The Balaban J connectivity index is 1.50. The molecule has 2 aromatic rings. The molecule has 4 amide bonds. The van der Waals surface area contributed by atoms with Gasteiger partial charge in [0.1, 0.15) is 0 Å². The molecule has 3 N–H and O–H groups in total. The number of urea groups is 1. The van der Waals surface area contributed by atoms with Gasteiger partial charge in [0, 0.05) is 30.4 Å². The van der Waals surface area contributed by atoms with E-state index in [-0.39, 0.29) is 24.4 Å². The largest absolute Gasteiger partial charge is 0.361 e. The predicted molar refractivity (Wildman–Crippen MR) is 80.4 cm³/mol. The Morgan fingerprint density at radius 3 is 2.91 bits per heavy atom. The van der Waals surface area contributed by atoms with Crippen LogP contribution in [0.4, 0.5) is 4.79 Å². The first-order chi connectivity index (χ1) is 10.6. The molecule has 0 spiro atoms. The van der Waals surface area contributed by atoms with Gasteiger partial charge >= 0.3 is 6.03 Å². The van der Waals surface area contributed by atoms with Crippen molar-refractivity contribution in [3.8, 4) is 0 Å². The van der Waals surface area contributed by atoms with Crippen LogP contribution in [0.3, 0.4) is 0 Å². The summed E-state index contributed by atoms with van der Waals surface area (Å²) < 4.78 is 0. The third kappa shape index (κ3) is 2.78. The van der Waals surface area contributed by atoms with Crippen LogP contribution in [0.25, 0.3) is 10.9 Å². The van der Waals surface area contributed by atoms with Crippen molar-refractivity contribution in [2.45, 2.75) is 6.42 Å². The average Bonchev–Trinajstić information content (AvgIpc) is 3.10. The second kappa shape index (κ2) is 5.88. The van der Waals surface area contributed by atoms with Crippen molar-refractivity contribution >= 4 is 28.7 Å². The zero-order valence-electron chi connectivity index (χ0n) is 11.9. The fraction of sp³-hybridized carbons (Fsp3) is 0.267. The summed E-state index contributed by atoms with van der Waals surface area (Å²) >= 11 is 0. The van der Waals surface area contributed by atoms with Crippen LogP contribution in [0.1, 0.15) is 16.8 Å². The molecule has 7 nitrogen and oxygen atoms in total. The monoisotopic (exact) mass is 300 g/mol. The molecule has 0 saturated carbocycles. The summed E-state index contributed by atoms with van der Waals surface area (Å²) in [6, 6.07) is 7.02.